The number of carbonyl (C=O) groups is 6. The number of carbonyl (C=O) groups excluding carboxylic acids is 6. The van der Waals surface area contributed by atoms with Crippen LogP contribution in [0.4, 0.5) is 0 Å². The number of hydrogen-bond acceptors (Lipinski definition) is 6. The molecule has 2 aromatic rings. The third-order valence-corrected chi connectivity index (χ3v) is 8.23. The largest absolute Gasteiger partial charge is 0.294 e. The first kappa shape index (κ1) is 31.5. The van der Waals surface area contributed by atoms with Crippen LogP contribution >= 0.6 is 0 Å². The van der Waals surface area contributed by atoms with Gasteiger partial charge in [0.2, 0.25) is 0 Å². The maximum Gasteiger partial charge on any atom is 0.253 e. The van der Waals surface area contributed by atoms with Crippen LogP contribution in [-0.2, 0) is 24.6 Å². The molecule has 0 radical (unpaired) electrons. The highest BCUT2D eigenvalue weighted by Gasteiger charge is 2.25. The van der Waals surface area contributed by atoms with Crippen molar-refractivity contribution in [2.45, 2.75) is 70.6 Å². The Hall–Kier alpha value is -4.46. The van der Waals surface area contributed by atoms with Gasteiger partial charge in [-0.25, -0.2) is 0 Å². The minimum atomic E-state index is -0.332. The van der Waals surface area contributed by atoms with Crippen molar-refractivity contribution in [1.29, 1.82) is 0 Å². The fourth-order valence-corrected chi connectivity index (χ4v) is 5.37. The molecular formula is C35H38N2O6. The zero-order valence-corrected chi connectivity index (χ0v) is 24.8. The molecule has 2 heterocycles. The standard InChI is InChI=1S/C35H38N2O6/c1-35(2,27-15-11-25(12-16-27)29(38)9-5-3-7-23-36-31(40)19-20-32(36)41)28-17-13-26(14-18-28)30(39)10-6-4-8-24-37-33(42)21-22-34(37)43/h11-22H,3-10,23-24H2,1-2H3. The molecule has 4 amide bonds. The van der Waals surface area contributed by atoms with Crippen LogP contribution in [0.15, 0.2) is 72.8 Å². The predicted molar refractivity (Wildman–Crippen MR) is 162 cm³/mol. The second kappa shape index (κ2) is 14.1. The number of imide groups is 2. The average molecular weight is 583 g/mol. The Morgan fingerprint density at radius 3 is 1.16 bits per heavy atom. The molecule has 0 bridgehead atoms. The van der Waals surface area contributed by atoms with Crippen LogP contribution < -0.4 is 0 Å². The van der Waals surface area contributed by atoms with Gasteiger partial charge >= 0.3 is 0 Å². The molecule has 43 heavy (non-hydrogen) atoms. The van der Waals surface area contributed by atoms with E-state index in [0.29, 0.717) is 62.7 Å². The molecule has 4 rings (SSSR count). The molecule has 8 heteroatoms. The van der Waals surface area contributed by atoms with Crippen LogP contribution in [0.3, 0.4) is 0 Å². The Morgan fingerprint density at radius 1 is 0.512 bits per heavy atom. The SMILES string of the molecule is CC(C)(c1ccc(C(=O)CCCCCN2C(=O)C=CC2=O)cc1)c1ccc(C(=O)CCCCCN2C(=O)C=CC2=O)cc1. The van der Waals surface area contributed by atoms with Crippen LogP contribution in [0.2, 0.25) is 0 Å². The predicted octanol–water partition coefficient (Wildman–Crippen LogP) is 5.35. The minimum Gasteiger partial charge on any atom is -0.294 e. The fourth-order valence-electron chi connectivity index (χ4n) is 5.37. The maximum atomic E-state index is 12.7. The molecule has 0 unspecified atom stereocenters. The van der Waals surface area contributed by atoms with Gasteiger partial charge in [0.1, 0.15) is 0 Å². The molecule has 0 aliphatic carbocycles. The van der Waals surface area contributed by atoms with Crippen LogP contribution in [0, 0.1) is 0 Å². The molecule has 0 saturated heterocycles. The first-order chi connectivity index (χ1) is 20.6. The van der Waals surface area contributed by atoms with Crippen molar-refractivity contribution in [3.05, 3.63) is 95.1 Å². The third kappa shape index (κ3) is 7.89. The summed E-state index contributed by atoms with van der Waals surface area (Å²) < 4.78 is 0. The Labute approximate surface area is 252 Å². The van der Waals surface area contributed by atoms with Crippen molar-refractivity contribution < 1.29 is 28.8 Å². The number of benzene rings is 2. The van der Waals surface area contributed by atoms with Crippen molar-refractivity contribution in [2.75, 3.05) is 13.1 Å². The van der Waals surface area contributed by atoms with E-state index in [2.05, 4.69) is 13.8 Å². The van der Waals surface area contributed by atoms with Crippen molar-refractivity contribution in [3.8, 4) is 0 Å². The van der Waals surface area contributed by atoms with E-state index in [0.717, 1.165) is 24.0 Å². The highest BCUT2D eigenvalue weighted by molar-refractivity contribution is 6.13. The second-order valence-corrected chi connectivity index (χ2v) is 11.6. The van der Waals surface area contributed by atoms with Gasteiger partial charge in [0.15, 0.2) is 11.6 Å². The molecule has 0 fully saturated rings. The summed E-state index contributed by atoms with van der Waals surface area (Å²) in [6.07, 6.45) is 10.2. The number of amides is 4. The molecule has 0 spiro atoms. The maximum absolute atomic E-state index is 12.7. The average Bonchev–Trinajstić information content (AvgIpc) is 3.50. The van der Waals surface area contributed by atoms with E-state index >= 15 is 0 Å². The van der Waals surface area contributed by atoms with Gasteiger partial charge in [-0.3, -0.25) is 38.6 Å². The van der Waals surface area contributed by atoms with Gasteiger partial charge in [-0.2, -0.15) is 0 Å². The number of unbranched alkanes of at least 4 members (excludes halogenated alkanes) is 4. The van der Waals surface area contributed by atoms with Gasteiger partial charge in [-0.05, 0) is 36.8 Å². The Kier molecular flexibility index (Phi) is 10.3. The van der Waals surface area contributed by atoms with E-state index in [1.54, 1.807) is 0 Å². The highest BCUT2D eigenvalue weighted by Crippen LogP contribution is 2.32. The monoisotopic (exact) mass is 582 g/mol. The normalized spacial score (nSPS) is 14.8. The molecular weight excluding hydrogens is 544 g/mol. The van der Waals surface area contributed by atoms with Crippen molar-refractivity contribution >= 4 is 35.2 Å². The van der Waals surface area contributed by atoms with Crippen LogP contribution in [0.1, 0.15) is 97.1 Å². The number of ketones is 2. The molecule has 2 aliphatic rings. The van der Waals surface area contributed by atoms with Crippen molar-refractivity contribution in [3.63, 3.8) is 0 Å². The molecule has 0 N–H and O–H groups in total. The molecule has 8 nitrogen and oxygen atoms in total. The Morgan fingerprint density at radius 2 is 0.837 bits per heavy atom. The smallest absolute Gasteiger partial charge is 0.253 e. The zero-order chi connectivity index (χ0) is 31.0. The highest BCUT2D eigenvalue weighted by atomic mass is 16.2. The summed E-state index contributed by atoms with van der Waals surface area (Å²) in [7, 11) is 0. The zero-order valence-electron chi connectivity index (χ0n) is 24.8. The third-order valence-electron chi connectivity index (χ3n) is 8.23. The number of Topliss-reactive ketones (excluding diaryl/α,β-unsaturated/α-hetero) is 2. The first-order valence-corrected chi connectivity index (χ1v) is 14.9. The molecule has 2 aliphatic heterocycles. The molecule has 0 saturated carbocycles. The van der Waals surface area contributed by atoms with Gasteiger partial charge in [0.25, 0.3) is 23.6 Å². The van der Waals surface area contributed by atoms with Crippen LogP contribution in [0.25, 0.3) is 0 Å². The molecule has 224 valence electrons. The van der Waals surface area contributed by atoms with Gasteiger partial charge in [0, 0.05) is 66.8 Å². The summed E-state index contributed by atoms with van der Waals surface area (Å²) in [5, 5.41) is 0. The van der Waals surface area contributed by atoms with E-state index in [1.807, 2.05) is 48.5 Å². The summed E-state index contributed by atoms with van der Waals surface area (Å²) in [5.74, 6) is -0.965. The van der Waals surface area contributed by atoms with Gasteiger partial charge in [-0.1, -0.05) is 75.2 Å². The lowest BCUT2D eigenvalue weighted by Crippen LogP contribution is -2.30. The summed E-state index contributed by atoms with van der Waals surface area (Å²) in [4.78, 5) is 74.3. The second-order valence-electron chi connectivity index (χ2n) is 11.6. The fraction of sp³-hybridized carbons (Fsp3) is 0.371. The van der Waals surface area contributed by atoms with E-state index < -0.39 is 0 Å². The lowest BCUT2D eigenvalue weighted by atomic mass is 9.77. The van der Waals surface area contributed by atoms with Gasteiger partial charge < -0.3 is 0 Å². The van der Waals surface area contributed by atoms with Gasteiger partial charge in [-0.15, -0.1) is 0 Å². The number of nitrogens with zero attached hydrogens (tertiary/aromatic N) is 2. The van der Waals surface area contributed by atoms with E-state index in [1.165, 1.54) is 34.1 Å². The van der Waals surface area contributed by atoms with Crippen molar-refractivity contribution in [2.24, 2.45) is 0 Å². The van der Waals surface area contributed by atoms with E-state index in [-0.39, 0.29) is 40.6 Å². The van der Waals surface area contributed by atoms with E-state index in [4.69, 9.17) is 0 Å². The Balaban J connectivity index is 1.20. The molecule has 0 atom stereocenters. The minimum absolute atomic E-state index is 0.0669. The first-order valence-electron chi connectivity index (χ1n) is 14.9. The van der Waals surface area contributed by atoms with Crippen molar-refractivity contribution in [1.82, 2.24) is 9.80 Å². The summed E-state index contributed by atoms with van der Waals surface area (Å²) >= 11 is 0. The summed E-state index contributed by atoms with van der Waals surface area (Å²) in [6.45, 7) is 4.97. The number of rotatable bonds is 16. The van der Waals surface area contributed by atoms with E-state index in [9.17, 15) is 28.8 Å². The Bertz CT molecular complexity index is 1300. The summed E-state index contributed by atoms with van der Waals surface area (Å²) in [5.41, 5.74) is 3.10. The lowest BCUT2D eigenvalue weighted by Gasteiger charge is -2.26. The number of hydrogen-bond donors (Lipinski definition) is 0. The van der Waals surface area contributed by atoms with Crippen LogP contribution in [-0.4, -0.2) is 58.1 Å². The molecule has 0 aromatic heterocycles. The van der Waals surface area contributed by atoms with Crippen LogP contribution in [0.5, 0.6) is 0 Å². The topological polar surface area (TPSA) is 109 Å². The summed E-state index contributed by atoms with van der Waals surface area (Å²) in [6, 6.07) is 15.3. The van der Waals surface area contributed by atoms with Gasteiger partial charge in [0.05, 0.1) is 0 Å². The quantitative estimate of drug-likeness (QED) is 0.150. The lowest BCUT2D eigenvalue weighted by molar-refractivity contribution is -0.138. The molecule has 2 aromatic carbocycles.